The molecule has 174 valence electrons. The number of carbonyl (C=O) groups is 2. The van der Waals surface area contributed by atoms with E-state index in [1.54, 1.807) is 4.90 Å². The van der Waals surface area contributed by atoms with Crippen molar-refractivity contribution in [2.45, 2.75) is 24.4 Å². The van der Waals surface area contributed by atoms with Gasteiger partial charge < -0.3 is 15.4 Å². The van der Waals surface area contributed by atoms with E-state index < -0.39 is 17.6 Å². The summed E-state index contributed by atoms with van der Waals surface area (Å²) >= 11 is 2.79. The normalized spacial score (nSPS) is 24.2. The van der Waals surface area contributed by atoms with E-state index in [0.717, 1.165) is 21.7 Å². The van der Waals surface area contributed by atoms with Crippen LogP contribution in [0.1, 0.15) is 27.8 Å². The highest BCUT2D eigenvalue weighted by molar-refractivity contribution is 8.00. The summed E-state index contributed by atoms with van der Waals surface area (Å²) < 4.78 is 10.2. The van der Waals surface area contributed by atoms with Crippen LogP contribution in [0, 0.1) is 12.3 Å². The van der Waals surface area contributed by atoms with Crippen molar-refractivity contribution in [3.8, 4) is 0 Å². The predicted octanol–water partition coefficient (Wildman–Crippen LogP) is 3.42. The monoisotopic (exact) mass is 492 g/mol. The molecule has 2 saturated heterocycles. The lowest BCUT2D eigenvalue weighted by Gasteiger charge is -2.52. The maximum atomic E-state index is 13.9. The van der Waals surface area contributed by atoms with Crippen LogP contribution < -0.4 is 5.73 Å². The fourth-order valence-electron chi connectivity index (χ4n) is 4.22. The van der Waals surface area contributed by atoms with Gasteiger partial charge in [-0.1, -0.05) is 71.2 Å². The Morgan fingerprint density at radius 1 is 1.18 bits per heavy atom. The molecular weight excluding hydrogens is 468 g/mol. The zero-order valence-corrected chi connectivity index (χ0v) is 20.2. The number of rotatable bonds is 6. The first kappa shape index (κ1) is 22.8. The van der Waals surface area contributed by atoms with Gasteiger partial charge in [0, 0.05) is 12.3 Å². The van der Waals surface area contributed by atoms with Crippen LogP contribution in [-0.2, 0) is 14.3 Å². The molecule has 7 nitrogen and oxygen atoms in total. The van der Waals surface area contributed by atoms with Crippen LogP contribution in [0.4, 0.5) is 0 Å². The first-order valence-corrected chi connectivity index (χ1v) is 12.8. The summed E-state index contributed by atoms with van der Waals surface area (Å²) in [4.78, 5) is 28.9. The highest BCUT2D eigenvalue weighted by Crippen LogP contribution is 2.44. The largest absolute Gasteiger partial charge is 0.452 e. The van der Waals surface area contributed by atoms with Crippen LogP contribution in [-0.4, -0.2) is 50.1 Å². The number of benzene rings is 2. The number of ether oxygens (including phenoxy) is 1. The molecule has 2 unspecified atom stereocenters. The second kappa shape index (κ2) is 9.32. The summed E-state index contributed by atoms with van der Waals surface area (Å²) in [5.74, 6) is -0.0524. The van der Waals surface area contributed by atoms with Crippen molar-refractivity contribution in [3.05, 3.63) is 88.4 Å². The van der Waals surface area contributed by atoms with E-state index in [9.17, 15) is 9.59 Å². The quantitative estimate of drug-likeness (QED) is 0.416. The molecule has 2 fully saturated rings. The molecule has 2 aromatic carbocycles. The third-order valence-corrected chi connectivity index (χ3v) is 8.59. The molecule has 2 aliphatic rings. The highest BCUT2D eigenvalue weighted by atomic mass is 32.2. The van der Waals surface area contributed by atoms with Gasteiger partial charge in [-0.25, -0.2) is 0 Å². The topological polar surface area (TPSA) is 98.4 Å². The molecule has 3 atom stereocenters. The average molecular weight is 493 g/mol. The second-order valence-electron chi connectivity index (χ2n) is 8.51. The van der Waals surface area contributed by atoms with Gasteiger partial charge in [-0.15, -0.1) is 16.9 Å². The second-order valence-corrected chi connectivity index (χ2v) is 10.4. The van der Waals surface area contributed by atoms with Crippen molar-refractivity contribution in [3.63, 3.8) is 0 Å². The number of β-lactam (4-membered cyclic amide) rings is 1. The molecule has 3 heterocycles. The van der Waals surface area contributed by atoms with Gasteiger partial charge in [0.2, 0.25) is 5.91 Å². The van der Waals surface area contributed by atoms with Gasteiger partial charge in [-0.3, -0.25) is 9.59 Å². The van der Waals surface area contributed by atoms with Crippen LogP contribution in [0.15, 0.2) is 66.7 Å². The predicted molar refractivity (Wildman–Crippen MR) is 133 cm³/mol. The van der Waals surface area contributed by atoms with Crippen molar-refractivity contribution in [2.24, 2.45) is 11.1 Å². The maximum absolute atomic E-state index is 13.9. The number of hydrogen-bond acceptors (Lipinski definition) is 8. The summed E-state index contributed by atoms with van der Waals surface area (Å²) in [7, 11) is 0. The third kappa shape index (κ3) is 4.15. The molecule has 1 aromatic heterocycles. The number of thioether (sulfide) groups is 1. The summed E-state index contributed by atoms with van der Waals surface area (Å²) in [5, 5.41) is 3.95. The Kier molecular flexibility index (Phi) is 6.24. The van der Waals surface area contributed by atoms with Crippen molar-refractivity contribution >= 4 is 41.2 Å². The van der Waals surface area contributed by atoms with Crippen LogP contribution in [0.2, 0.25) is 0 Å². The first-order valence-electron chi connectivity index (χ1n) is 11.0. The minimum atomic E-state index is -1.02. The van der Waals surface area contributed by atoms with Crippen LogP contribution in [0.5, 0.6) is 0 Å². The number of nitrogens with zero attached hydrogens (tertiary/aromatic N) is 3. The molecule has 0 aliphatic carbocycles. The Bertz CT molecular complexity index is 1180. The fourth-order valence-corrected chi connectivity index (χ4v) is 6.23. The maximum Gasteiger partial charge on any atom is 0.319 e. The Morgan fingerprint density at radius 3 is 2.41 bits per heavy atom. The Labute approximate surface area is 206 Å². The summed E-state index contributed by atoms with van der Waals surface area (Å²) in [6, 6.07) is 18.8. The van der Waals surface area contributed by atoms with Gasteiger partial charge in [-0.05, 0) is 35.7 Å². The lowest BCUT2D eigenvalue weighted by atomic mass is 9.86. The first-order chi connectivity index (χ1) is 16.5. The van der Waals surface area contributed by atoms with Gasteiger partial charge in [0.1, 0.15) is 16.8 Å². The molecule has 3 aromatic rings. The van der Waals surface area contributed by atoms with E-state index in [2.05, 4.69) is 9.59 Å². The number of esters is 1. The van der Waals surface area contributed by atoms with E-state index in [1.807, 2.05) is 79.7 Å². The highest BCUT2D eigenvalue weighted by Gasteiger charge is 2.55. The fraction of sp³-hybridized carbons (Fsp3) is 0.280. The standard InChI is InChI=1S/C25H24N4O3S2/c1-16-19(34-28-27-16)12-13-25(14-29-22(30)20(26)23(29)33-15-25)24(31)32-21(17-8-4-2-5-9-17)18-10-6-3-7-11-18/h2-13,20-21,23H,14-15,26H2,1H3/t20?,23-,25?/m1/s1. The molecule has 2 aliphatic heterocycles. The van der Waals surface area contributed by atoms with Gasteiger partial charge in [0.25, 0.3) is 0 Å². The van der Waals surface area contributed by atoms with E-state index >= 15 is 0 Å². The molecule has 0 bridgehead atoms. The lowest BCUT2D eigenvalue weighted by molar-refractivity contribution is -0.161. The summed E-state index contributed by atoms with van der Waals surface area (Å²) in [6.07, 6.45) is 3.15. The Morgan fingerprint density at radius 2 is 1.82 bits per heavy atom. The smallest absolute Gasteiger partial charge is 0.319 e. The molecule has 5 rings (SSSR count). The molecule has 9 heteroatoms. The Hall–Kier alpha value is -3.01. The lowest BCUT2D eigenvalue weighted by Crippen LogP contribution is -2.72. The summed E-state index contributed by atoms with van der Waals surface area (Å²) in [5.41, 5.74) is 7.52. The van der Waals surface area contributed by atoms with Crippen LogP contribution in [0.3, 0.4) is 0 Å². The van der Waals surface area contributed by atoms with E-state index in [0.29, 0.717) is 5.75 Å². The Balaban J connectivity index is 1.49. The number of carbonyl (C=O) groups excluding carboxylic acids is 2. The number of fused-ring (bicyclic) bond motifs is 1. The molecule has 2 N–H and O–H groups in total. The van der Waals surface area contributed by atoms with E-state index in [1.165, 1.54) is 23.3 Å². The van der Waals surface area contributed by atoms with Crippen molar-refractivity contribution in [1.82, 2.24) is 14.5 Å². The molecule has 0 saturated carbocycles. The number of amides is 1. The minimum Gasteiger partial charge on any atom is -0.452 e. The molecule has 1 amide bonds. The molecule has 34 heavy (non-hydrogen) atoms. The molecule has 0 spiro atoms. The summed E-state index contributed by atoms with van der Waals surface area (Å²) in [6.45, 7) is 2.10. The number of aryl methyl sites for hydroxylation is 1. The number of hydrogen-bond donors (Lipinski definition) is 1. The minimum absolute atomic E-state index is 0.104. The zero-order valence-electron chi connectivity index (χ0n) is 18.5. The average Bonchev–Trinajstić information content (AvgIpc) is 3.30. The molecular formula is C25H24N4O3S2. The molecule has 0 radical (unpaired) electrons. The van der Waals surface area contributed by atoms with Gasteiger partial charge in [0.15, 0.2) is 6.10 Å². The number of nitrogens with two attached hydrogens (primary N) is 1. The van der Waals surface area contributed by atoms with E-state index in [-0.39, 0.29) is 23.8 Å². The third-order valence-electron chi connectivity index (χ3n) is 6.22. The van der Waals surface area contributed by atoms with Crippen LogP contribution in [0.25, 0.3) is 6.08 Å². The van der Waals surface area contributed by atoms with Crippen molar-refractivity contribution in [1.29, 1.82) is 0 Å². The van der Waals surface area contributed by atoms with Crippen molar-refractivity contribution in [2.75, 3.05) is 12.3 Å². The van der Waals surface area contributed by atoms with Gasteiger partial charge in [0.05, 0.1) is 10.6 Å². The van der Waals surface area contributed by atoms with Gasteiger partial charge >= 0.3 is 5.97 Å². The van der Waals surface area contributed by atoms with E-state index in [4.69, 9.17) is 10.5 Å². The zero-order chi connectivity index (χ0) is 23.7. The van der Waals surface area contributed by atoms with Gasteiger partial charge in [-0.2, -0.15) is 0 Å². The van der Waals surface area contributed by atoms with Crippen LogP contribution >= 0.6 is 23.3 Å². The number of aromatic nitrogens is 2. The van der Waals surface area contributed by atoms with Crippen molar-refractivity contribution < 1.29 is 14.3 Å². The SMILES string of the molecule is Cc1nnsc1C=CC1(C(=O)OC(c2ccccc2)c2ccccc2)CS[C@@H]2C(N)C(=O)N2C1.